The van der Waals surface area contributed by atoms with Crippen molar-refractivity contribution in [1.29, 1.82) is 0 Å². The van der Waals surface area contributed by atoms with Crippen LogP contribution in [0, 0.1) is 11.8 Å². The smallest absolute Gasteiger partial charge is 0.351 e. The number of halogens is 4. The molecule has 1 aliphatic carbocycles. The van der Waals surface area contributed by atoms with Crippen LogP contribution >= 0.6 is 11.6 Å². The number of rotatable bonds is 2. The molecular weight excluding hydrogens is 331 g/mol. The number of sulfone groups is 1. The minimum absolute atomic E-state index is 0.0449. The van der Waals surface area contributed by atoms with E-state index in [0.717, 1.165) is 0 Å². The third-order valence-corrected chi connectivity index (χ3v) is 6.49. The van der Waals surface area contributed by atoms with Crippen LogP contribution in [0.5, 0.6) is 0 Å². The molecule has 4 unspecified atom stereocenters. The molecule has 0 radical (unpaired) electrons. The Morgan fingerprint density at radius 1 is 1.19 bits per heavy atom. The summed E-state index contributed by atoms with van der Waals surface area (Å²) in [6, 6.07) is -0.713. The molecule has 1 aliphatic heterocycles. The lowest BCUT2D eigenvalue weighted by Gasteiger charge is -2.30. The molecule has 1 amide bonds. The van der Waals surface area contributed by atoms with Gasteiger partial charge in [0.25, 0.3) is 0 Å². The highest BCUT2D eigenvalue weighted by molar-refractivity contribution is 7.91. The van der Waals surface area contributed by atoms with Crippen molar-refractivity contribution in [3.8, 4) is 0 Å². The molecule has 1 saturated heterocycles. The monoisotopic (exact) mass is 347 g/mol. The third kappa shape index (κ3) is 4.25. The molecule has 122 valence electrons. The van der Waals surface area contributed by atoms with E-state index in [4.69, 9.17) is 11.6 Å². The fourth-order valence-electron chi connectivity index (χ4n) is 2.96. The van der Waals surface area contributed by atoms with Crippen LogP contribution in [0.1, 0.15) is 25.7 Å². The first-order valence-electron chi connectivity index (χ1n) is 6.80. The Balaban J connectivity index is 1.95. The summed E-state index contributed by atoms with van der Waals surface area (Å²) < 4.78 is 61.0. The maximum Gasteiger partial charge on any atom is 0.391 e. The molecular formula is C12H17ClF3NO3S. The van der Waals surface area contributed by atoms with E-state index in [2.05, 4.69) is 5.32 Å². The lowest BCUT2D eigenvalue weighted by molar-refractivity contribution is -0.186. The van der Waals surface area contributed by atoms with Gasteiger partial charge in [0.1, 0.15) is 0 Å². The first-order valence-corrected chi connectivity index (χ1v) is 9.06. The van der Waals surface area contributed by atoms with E-state index in [9.17, 15) is 26.4 Å². The Hall–Kier alpha value is -0.500. The highest BCUT2D eigenvalue weighted by Crippen LogP contribution is 2.40. The van der Waals surface area contributed by atoms with Gasteiger partial charge >= 0.3 is 6.18 Å². The first-order chi connectivity index (χ1) is 9.58. The van der Waals surface area contributed by atoms with Crippen molar-refractivity contribution in [2.75, 3.05) is 11.5 Å². The predicted octanol–water partition coefficient (Wildman–Crippen LogP) is 1.88. The molecule has 0 aromatic rings. The lowest BCUT2D eigenvalue weighted by Crippen LogP contribution is -2.45. The molecule has 2 aliphatic rings. The average molecular weight is 348 g/mol. The van der Waals surface area contributed by atoms with Gasteiger partial charge in [0.2, 0.25) is 5.91 Å². The van der Waals surface area contributed by atoms with Gasteiger partial charge in [-0.1, -0.05) is 6.42 Å². The van der Waals surface area contributed by atoms with Crippen LogP contribution in [0.25, 0.3) is 0 Å². The number of nitrogens with one attached hydrogen (secondary N) is 1. The van der Waals surface area contributed by atoms with Crippen molar-refractivity contribution in [3.05, 3.63) is 0 Å². The molecule has 4 nitrogen and oxygen atoms in total. The highest BCUT2D eigenvalue weighted by Gasteiger charge is 2.44. The Bertz CT molecular complexity index is 508. The minimum Gasteiger partial charge on any atom is -0.351 e. The fraction of sp³-hybridized carbons (Fsp3) is 0.917. The topological polar surface area (TPSA) is 63.2 Å². The van der Waals surface area contributed by atoms with Gasteiger partial charge in [-0.25, -0.2) is 8.42 Å². The fourth-order valence-corrected chi connectivity index (χ4v) is 5.51. The summed E-state index contributed by atoms with van der Waals surface area (Å²) in [4.78, 5) is 12.1. The van der Waals surface area contributed by atoms with Gasteiger partial charge in [0, 0.05) is 5.92 Å². The molecule has 0 spiro atoms. The van der Waals surface area contributed by atoms with Crippen LogP contribution in [-0.2, 0) is 14.6 Å². The third-order valence-electron chi connectivity index (χ3n) is 4.12. The highest BCUT2D eigenvalue weighted by atomic mass is 35.5. The summed E-state index contributed by atoms with van der Waals surface area (Å²) in [5, 5.41) is 1.79. The second-order valence-electron chi connectivity index (χ2n) is 5.81. The van der Waals surface area contributed by atoms with Gasteiger partial charge in [-0.05, 0) is 19.3 Å². The van der Waals surface area contributed by atoms with Crippen molar-refractivity contribution in [3.63, 3.8) is 0 Å². The van der Waals surface area contributed by atoms with Crippen LogP contribution in [0.2, 0.25) is 0 Å². The number of amides is 1. The van der Waals surface area contributed by atoms with Crippen LogP contribution < -0.4 is 5.32 Å². The maximum absolute atomic E-state index is 12.7. The molecule has 0 aromatic heterocycles. The van der Waals surface area contributed by atoms with Gasteiger partial charge in [-0.15, -0.1) is 11.6 Å². The summed E-state index contributed by atoms with van der Waals surface area (Å²) in [6.45, 7) is 0. The van der Waals surface area contributed by atoms with Crippen LogP contribution in [-0.4, -0.2) is 43.4 Å². The van der Waals surface area contributed by atoms with E-state index in [0.29, 0.717) is 12.8 Å². The zero-order chi connectivity index (χ0) is 15.8. The summed E-state index contributed by atoms with van der Waals surface area (Å²) in [5.74, 6) is -3.16. The van der Waals surface area contributed by atoms with Gasteiger partial charge in [0.05, 0.1) is 28.8 Å². The number of hydrogen-bond donors (Lipinski definition) is 1. The second-order valence-corrected chi connectivity index (χ2v) is 8.52. The quantitative estimate of drug-likeness (QED) is 0.776. The van der Waals surface area contributed by atoms with Crippen molar-refractivity contribution < 1.29 is 26.4 Å². The average Bonchev–Trinajstić information content (AvgIpc) is 2.61. The summed E-state index contributed by atoms with van der Waals surface area (Å²) in [6.07, 6.45) is -3.74. The Labute approximate surface area is 126 Å². The van der Waals surface area contributed by atoms with Crippen molar-refractivity contribution in [1.82, 2.24) is 5.32 Å². The number of alkyl halides is 4. The van der Waals surface area contributed by atoms with Gasteiger partial charge in [-0.3, -0.25) is 4.79 Å². The molecule has 0 bridgehead atoms. The summed E-state index contributed by atoms with van der Waals surface area (Å²) in [7, 11) is -3.28. The Kier molecular flexibility index (Phi) is 4.78. The van der Waals surface area contributed by atoms with Crippen molar-refractivity contribution >= 4 is 27.3 Å². The molecule has 9 heteroatoms. The molecule has 21 heavy (non-hydrogen) atoms. The Morgan fingerprint density at radius 3 is 2.38 bits per heavy atom. The van der Waals surface area contributed by atoms with Crippen LogP contribution in [0.15, 0.2) is 0 Å². The van der Waals surface area contributed by atoms with E-state index < -0.39 is 45.2 Å². The summed E-state index contributed by atoms with van der Waals surface area (Å²) >= 11 is 5.87. The first kappa shape index (κ1) is 16.9. The summed E-state index contributed by atoms with van der Waals surface area (Å²) in [5.41, 5.74) is 0. The van der Waals surface area contributed by atoms with Crippen molar-refractivity contribution in [2.45, 2.75) is 43.3 Å². The zero-order valence-electron chi connectivity index (χ0n) is 11.2. The predicted molar refractivity (Wildman–Crippen MR) is 71.7 cm³/mol. The SMILES string of the molecule is O=C(NC1CS(=O)(=O)CC1Cl)C1CCCC(C(F)(F)F)C1. The van der Waals surface area contributed by atoms with E-state index in [1.165, 1.54) is 0 Å². The molecule has 1 N–H and O–H groups in total. The van der Waals surface area contributed by atoms with E-state index in [-0.39, 0.29) is 24.3 Å². The van der Waals surface area contributed by atoms with Gasteiger partial charge in [-0.2, -0.15) is 13.2 Å². The number of carbonyl (C=O) groups excluding carboxylic acids is 1. The molecule has 0 aromatic carbocycles. The normalized spacial score (nSPS) is 36.4. The Morgan fingerprint density at radius 2 is 1.86 bits per heavy atom. The largest absolute Gasteiger partial charge is 0.391 e. The number of carbonyl (C=O) groups is 1. The van der Waals surface area contributed by atoms with Crippen molar-refractivity contribution in [2.24, 2.45) is 11.8 Å². The van der Waals surface area contributed by atoms with Gasteiger partial charge in [0.15, 0.2) is 9.84 Å². The van der Waals surface area contributed by atoms with E-state index >= 15 is 0 Å². The second kappa shape index (κ2) is 5.95. The molecule has 2 rings (SSSR count). The van der Waals surface area contributed by atoms with E-state index in [1.807, 2.05) is 0 Å². The van der Waals surface area contributed by atoms with Crippen LogP contribution in [0.3, 0.4) is 0 Å². The van der Waals surface area contributed by atoms with Gasteiger partial charge < -0.3 is 5.32 Å². The zero-order valence-corrected chi connectivity index (χ0v) is 12.8. The number of hydrogen-bond acceptors (Lipinski definition) is 3. The standard InChI is InChI=1S/C12H17ClF3NO3S/c13-9-5-21(19,20)6-10(9)17-11(18)7-2-1-3-8(4-7)12(14,15)16/h7-10H,1-6H2,(H,17,18). The molecule has 1 saturated carbocycles. The lowest BCUT2D eigenvalue weighted by atomic mass is 9.80. The molecule has 4 atom stereocenters. The van der Waals surface area contributed by atoms with E-state index in [1.54, 1.807) is 0 Å². The molecule has 1 heterocycles. The minimum atomic E-state index is -4.29. The molecule has 2 fully saturated rings. The van der Waals surface area contributed by atoms with Crippen LogP contribution in [0.4, 0.5) is 13.2 Å². The maximum atomic E-state index is 12.7.